The Bertz CT molecular complexity index is 389. The summed E-state index contributed by atoms with van der Waals surface area (Å²) < 4.78 is 0. The van der Waals surface area contributed by atoms with E-state index < -0.39 is 0 Å². The largest absolute Gasteiger partial charge is 0.0620 e. The van der Waals surface area contributed by atoms with Crippen LogP contribution < -0.4 is 0 Å². The zero-order valence-corrected chi connectivity index (χ0v) is 11.8. The first-order valence-corrected chi connectivity index (χ1v) is 6.99. The summed E-state index contributed by atoms with van der Waals surface area (Å²) in [5.41, 5.74) is 4.05. The van der Waals surface area contributed by atoms with E-state index in [0.29, 0.717) is 10.8 Å². The molecule has 0 amide bonds. The van der Waals surface area contributed by atoms with Crippen molar-refractivity contribution < 1.29 is 0 Å². The van der Waals surface area contributed by atoms with Crippen molar-refractivity contribution in [2.24, 2.45) is 10.8 Å². The maximum absolute atomic E-state index is 2.50. The molecule has 0 unspecified atom stereocenters. The van der Waals surface area contributed by atoms with Crippen molar-refractivity contribution in [3.8, 4) is 0 Å². The van der Waals surface area contributed by atoms with E-state index in [0.717, 1.165) is 0 Å². The lowest BCUT2D eigenvalue weighted by atomic mass is 9.66. The average molecular weight is 230 g/mol. The van der Waals surface area contributed by atoms with E-state index in [4.69, 9.17) is 0 Å². The quantitative estimate of drug-likeness (QED) is 0.674. The van der Waals surface area contributed by atoms with Gasteiger partial charge in [0, 0.05) is 0 Å². The van der Waals surface area contributed by atoms with Crippen LogP contribution in [0.3, 0.4) is 0 Å². The van der Waals surface area contributed by atoms with Gasteiger partial charge in [0.2, 0.25) is 0 Å². The molecule has 0 aromatic heterocycles. The molecule has 94 valence electrons. The normalized spacial score (nSPS) is 27.3. The molecule has 1 fully saturated rings. The standard InChI is InChI=1S/C17H26/c1-14-8-5-6-9-15(14)10-13-17(4)12-7-11-16(17,2)3/h5-6,8-9H,7,10-13H2,1-4H3/t17-/m0/s1. The third kappa shape index (κ3) is 2.41. The number of hydrogen-bond acceptors (Lipinski definition) is 0. The Morgan fingerprint density at radius 1 is 1.06 bits per heavy atom. The van der Waals surface area contributed by atoms with Crippen LogP contribution in [-0.2, 0) is 6.42 Å². The molecule has 1 aliphatic rings. The first-order chi connectivity index (χ1) is 7.95. The Kier molecular flexibility index (Phi) is 3.34. The molecule has 17 heavy (non-hydrogen) atoms. The van der Waals surface area contributed by atoms with Crippen LogP contribution in [0.15, 0.2) is 24.3 Å². The van der Waals surface area contributed by atoms with E-state index in [1.54, 1.807) is 0 Å². The van der Waals surface area contributed by atoms with Gasteiger partial charge < -0.3 is 0 Å². The van der Waals surface area contributed by atoms with Crippen LogP contribution in [0, 0.1) is 17.8 Å². The molecule has 0 aliphatic heterocycles. The van der Waals surface area contributed by atoms with Crippen LogP contribution in [0.2, 0.25) is 0 Å². The van der Waals surface area contributed by atoms with E-state index in [2.05, 4.69) is 52.0 Å². The van der Waals surface area contributed by atoms with Crippen molar-refractivity contribution >= 4 is 0 Å². The second-order valence-electron chi connectivity index (χ2n) is 6.72. The van der Waals surface area contributed by atoms with Crippen molar-refractivity contribution in [1.82, 2.24) is 0 Å². The van der Waals surface area contributed by atoms with E-state index in [1.165, 1.54) is 43.2 Å². The van der Waals surface area contributed by atoms with Crippen LogP contribution in [0.5, 0.6) is 0 Å². The molecule has 2 rings (SSSR count). The lowest BCUT2D eigenvalue weighted by molar-refractivity contribution is 0.120. The Labute approximate surface area is 106 Å². The molecular formula is C17H26. The summed E-state index contributed by atoms with van der Waals surface area (Å²) in [6, 6.07) is 8.84. The number of aryl methyl sites for hydroxylation is 2. The third-order valence-electron chi connectivity index (χ3n) is 5.37. The Hall–Kier alpha value is -0.780. The SMILES string of the molecule is Cc1ccccc1CC[C@]1(C)CCCC1(C)C. The third-order valence-corrected chi connectivity index (χ3v) is 5.37. The summed E-state index contributed by atoms with van der Waals surface area (Å²) in [5.74, 6) is 0. The molecule has 0 nitrogen and oxygen atoms in total. The fourth-order valence-corrected chi connectivity index (χ4v) is 3.33. The first-order valence-electron chi connectivity index (χ1n) is 6.99. The number of benzene rings is 1. The minimum atomic E-state index is 0.523. The maximum Gasteiger partial charge on any atom is -0.0271 e. The topological polar surface area (TPSA) is 0 Å². The van der Waals surface area contributed by atoms with Crippen LogP contribution >= 0.6 is 0 Å². The smallest absolute Gasteiger partial charge is 0.0271 e. The van der Waals surface area contributed by atoms with Gasteiger partial charge in [-0.15, -0.1) is 0 Å². The molecular weight excluding hydrogens is 204 g/mol. The summed E-state index contributed by atoms with van der Waals surface area (Å²) in [6.07, 6.45) is 6.80. The average Bonchev–Trinajstić information content (AvgIpc) is 2.53. The highest BCUT2D eigenvalue weighted by Crippen LogP contribution is 2.54. The fourth-order valence-electron chi connectivity index (χ4n) is 3.33. The summed E-state index contributed by atoms with van der Waals surface area (Å²) in [4.78, 5) is 0. The van der Waals surface area contributed by atoms with Crippen LogP contribution in [0.4, 0.5) is 0 Å². The molecule has 1 aromatic rings. The lowest BCUT2D eigenvalue weighted by Gasteiger charge is -2.39. The number of rotatable bonds is 3. The summed E-state index contributed by atoms with van der Waals surface area (Å²) >= 11 is 0. The van der Waals surface area contributed by atoms with Gasteiger partial charge >= 0.3 is 0 Å². The fraction of sp³-hybridized carbons (Fsp3) is 0.647. The highest BCUT2D eigenvalue weighted by atomic mass is 14.5. The summed E-state index contributed by atoms with van der Waals surface area (Å²) in [7, 11) is 0. The van der Waals surface area contributed by atoms with Crippen molar-refractivity contribution in [3.05, 3.63) is 35.4 Å². The molecule has 0 saturated heterocycles. The molecule has 1 aromatic carbocycles. The van der Waals surface area contributed by atoms with Gasteiger partial charge in [0.15, 0.2) is 0 Å². The molecule has 0 heteroatoms. The molecule has 0 bridgehead atoms. The van der Waals surface area contributed by atoms with Gasteiger partial charge in [-0.1, -0.05) is 51.5 Å². The van der Waals surface area contributed by atoms with Crippen LogP contribution in [0.25, 0.3) is 0 Å². The monoisotopic (exact) mass is 230 g/mol. The van der Waals surface area contributed by atoms with E-state index in [1.807, 2.05) is 0 Å². The Morgan fingerprint density at radius 3 is 2.35 bits per heavy atom. The van der Waals surface area contributed by atoms with Gasteiger partial charge in [-0.05, 0) is 54.6 Å². The van der Waals surface area contributed by atoms with Gasteiger partial charge in [0.1, 0.15) is 0 Å². The maximum atomic E-state index is 2.50. The highest BCUT2D eigenvalue weighted by Gasteiger charge is 2.44. The molecule has 0 N–H and O–H groups in total. The molecule has 1 atom stereocenters. The first kappa shape index (κ1) is 12.7. The van der Waals surface area contributed by atoms with Gasteiger partial charge in [-0.3, -0.25) is 0 Å². The Morgan fingerprint density at radius 2 is 1.76 bits per heavy atom. The van der Waals surface area contributed by atoms with Crippen molar-refractivity contribution in [2.75, 3.05) is 0 Å². The second-order valence-corrected chi connectivity index (χ2v) is 6.72. The predicted octanol–water partition coefficient (Wildman–Crippen LogP) is 5.14. The predicted molar refractivity (Wildman–Crippen MR) is 75.2 cm³/mol. The minimum absolute atomic E-state index is 0.523. The zero-order chi connectivity index (χ0) is 12.5. The highest BCUT2D eigenvalue weighted by molar-refractivity contribution is 5.25. The molecule has 0 heterocycles. The minimum Gasteiger partial charge on any atom is -0.0620 e. The van der Waals surface area contributed by atoms with Gasteiger partial charge in [-0.25, -0.2) is 0 Å². The van der Waals surface area contributed by atoms with Crippen LogP contribution in [0.1, 0.15) is 57.6 Å². The van der Waals surface area contributed by atoms with Crippen molar-refractivity contribution in [3.63, 3.8) is 0 Å². The lowest BCUT2D eigenvalue weighted by Crippen LogP contribution is -2.30. The molecule has 1 aliphatic carbocycles. The zero-order valence-electron chi connectivity index (χ0n) is 11.8. The van der Waals surface area contributed by atoms with E-state index in [9.17, 15) is 0 Å². The summed E-state index contributed by atoms with van der Waals surface area (Å²) in [5, 5.41) is 0. The molecule has 0 radical (unpaired) electrons. The van der Waals surface area contributed by atoms with Crippen molar-refractivity contribution in [2.45, 2.75) is 59.8 Å². The van der Waals surface area contributed by atoms with Crippen molar-refractivity contribution in [1.29, 1.82) is 0 Å². The Balaban J connectivity index is 2.06. The second kappa shape index (κ2) is 4.48. The summed E-state index contributed by atoms with van der Waals surface area (Å²) in [6.45, 7) is 9.64. The van der Waals surface area contributed by atoms with Gasteiger partial charge in [0.05, 0.1) is 0 Å². The van der Waals surface area contributed by atoms with Crippen LogP contribution in [-0.4, -0.2) is 0 Å². The molecule has 0 spiro atoms. The van der Waals surface area contributed by atoms with Gasteiger partial charge in [-0.2, -0.15) is 0 Å². The molecule has 1 saturated carbocycles. The van der Waals surface area contributed by atoms with Gasteiger partial charge in [0.25, 0.3) is 0 Å². The van der Waals surface area contributed by atoms with E-state index in [-0.39, 0.29) is 0 Å². The number of hydrogen-bond donors (Lipinski definition) is 0. The van der Waals surface area contributed by atoms with E-state index >= 15 is 0 Å².